The van der Waals surface area contributed by atoms with E-state index < -0.39 is 0 Å². The summed E-state index contributed by atoms with van der Waals surface area (Å²) in [5.74, 6) is 0.277. The van der Waals surface area contributed by atoms with Crippen LogP contribution in [0.15, 0.2) is 66.2 Å². The number of anilines is 1. The molecule has 0 N–H and O–H groups in total. The lowest BCUT2D eigenvalue weighted by atomic mass is 9.90. The molecule has 2 nitrogen and oxygen atoms in total. The van der Waals surface area contributed by atoms with E-state index in [9.17, 15) is 4.79 Å². The molecule has 1 aliphatic rings. The Balaban J connectivity index is 2.16. The monoisotopic (exact) mass is 277 g/mol. The Hall–Kier alpha value is -2.35. The maximum absolute atomic E-state index is 12.4. The van der Waals surface area contributed by atoms with Crippen molar-refractivity contribution in [2.24, 2.45) is 5.92 Å². The number of allylic oxidation sites excluding steroid dienone is 1. The zero-order valence-electron chi connectivity index (χ0n) is 12.4. The van der Waals surface area contributed by atoms with Crippen LogP contribution in [-0.2, 0) is 4.79 Å². The van der Waals surface area contributed by atoms with Gasteiger partial charge < -0.3 is 4.90 Å². The van der Waals surface area contributed by atoms with Crippen LogP contribution < -0.4 is 4.90 Å². The first kappa shape index (κ1) is 13.6. The van der Waals surface area contributed by atoms with E-state index >= 15 is 0 Å². The predicted octanol–water partition coefficient (Wildman–Crippen LogP) is 4.14. The molecule has 106 valence electrons. The van der Waals surface area contributed by atoms with E-state index in [4.69, 9.17) is 0 Å². The third-order valence-corrected chi connectivity index (χ3v) is 4.01. The highest BCUT2D eigenvalue weighted by atomic mass is 16.1. The standard InChI is InChI=1S/C19H19NO/c1-14-13-20(17-11-7-4-8-12-17)18(15(2)19(14)21)16-9-5-3-6-10-16/h3-12,14H,13H2,1-2H3. The molecule has 0 amide bonds. The minimum atomic E-state index is 0.0256. The molecule has 0 fully saturated rings. The Labute approximate surface area is 125 Å². The number of hydrogen-bond donors (Lipinski definition) is 0. The van der Waals surface area contributed by atoms with Crippen LogP contribution in [0.1, 0.15) is 19.4 Å². The highest BCUT2D eigenvalue weighted by Gasteiger charge is 2.30. The SMILES string of the molecule is CC1=C(c2ccccc2)N(c2ccccc2)CC(C)C1=O. The van der Waals surface area contributed by atoms with Crippen molar-refractivity contribution in [3.63, 3.8) is 0 Å². The Kier molecular flexibility index (Phi) is 3.61. The second kappa shape index (κ2) is 5.57. The van der Waals surface area contributed by atoms with Gasteiger partial charge in [0.05, 0.1) is 5.70 Å². The number of carbonyl (C=O) groups is 1. The van der Waals surface area contributed by atoms with Gasteiger partial charge in [-0.2, -0.15) is 0 Å². The highest BCUT2D eigenvalue weighted by molar-refractivity contribution is 6.08. The van der Waals surface area contributed by atoms with Gasteiger partial charge in [-0.15, -0.1) is 0 Å². The molecule has 0 radical (unpaired) electrons. The number of ketones is 1. The third-order valence-electron chi connectivity index (χ3n) is 4.01. The van der Waals surface area contributed by atoms with Crippen LogP contribution in [-0.4, -0.2) is 12.3 Å². The van der Waals surface area contributed by atoms with Crippen LogP contribution in [0.25, 0.3) is 5.70 Å². The second-order valence-corrected chi connectivity index (χ2v) is 5.55. The summed E-state index contributed by atoms with van der Waals surface area (Å²) < 4.78 is 0. The zero-order chi connectivity index (χ0) is 14.8. The number of hydrogen-bond acceptors (Lipinski definition) is 2. The first-order valence-electron chi connectivity index (χ1n) is 7.31. The van der Waals surface area contributed by atoms with E-state index in [0.29, 0.717) is 0 Å². The van der Waals surface area contributed by atoms with Crippen LogP contribution >= 0.6 is 0 Å². The molecule has 1 atom stereocenters. The van der Waals surface area contributed by atoms with Crippen molar-refractivity contribution >= 4 is 17.2 Å². The van der Waals surface area contributed by atoms with Crippen molar-refractivity contribution in [1.29, 1.82) is 0 Å². The lowest BCUT2D eigenvalue weighted by Gasteiger charge is -2.35. The number of rotatable bonds is 2. The van der Waals surface area contributed by atoms with E-state index in [1.54, 1.807) is 0 Å². The quantitative estimate of drug-likeness (QED) is 0.822. The Morgan fingerprint density at radius 3 is 2.14 bits per heavy atom. The van der Waals surface area contributed by atoms with Crippen LogP contribution in [0.3, 0.4) is 0 Å². The summed E-state index contributed by atoms with van der Waals surface area (Å²) in [5, 5.41) is 0. The van der Waals surface area contributed by atoms with Gasteiger partial charge in [-0.05, 0) is 24.6 Å². The maximum atomic E-state index is 12.4. The summed E-state index contributed by atoms with van der Waals surface area (Å²) in [6.45, 7) is 4.67. The van der Waals surface area contributed by atoms with Crippen molar-refractivity contribution in [2.75, 3.05) is 11.4 Å². The highest BCUT2D eigenvalue weighted by Crippen LogP contribution is 2.34. The van der Waals surface area contributed by atoms with Gasteiger partial charge in [0.1, 0.15) is 0 Å². The largest absolute Gasteiger partial charge is 0.340 e. The molecule has 2 aromatic carbocycles. The van der Waals surface area contributed by atoms with Gasteiger partial charge in [-0.1, -0.05) is 55.5 Å². The second-order valence-electron chi connectivity index (χ2n) is 5.55. The van der Waals surface area contributed by atoms with E-state index in [2.05, 4.69) is 29.2 Å². The zero-order valence-corrected chi connectivity index (χ0v) is 12.4. The molecule has 1 unspecified atom stereocenters. The minimum absolute atomic E-state index is 0.0256. The van der Waals surface area contributed by atoms with Gasteiger partial charge in [-0.3, -0.25) is 4.79 Å². The van der Waals surface area contributed by atoms with Crippen molar-refractivity contribution in [3.8, 4) is 0 Å². The van der Waals surface area contributed by atoms with Crippen LogP contribution in [0.2, 0.25) is 0 Å². The number of nitrogens with zero attached hydrogens (tertiary/aromatic N) is 1. The molecule has 1 heterocycles. The van der Waals surface area contributed by atoms with Gasteiger partial charge in [-0.25, -0.2) is 0 Å². The normalized spacial score (nSPS) is 19.0. The van der Waals surface area contributed by atoms with Crippen molar-refractivity contribution in [3.05, 3.63) is 71.8 Å². The first-order chi connectivity index (χ1) is 10.2. The number of carbonyl (C=O) groups excluding carboxylic acids is 1. The van der Waals surface area contributed by atoms with Crippen LogP contribution in [0, 0.1) is 5.92 Å². The van der Waals surface area contributed by atoms with Crippen LogP contribution in [0.4, 0.5) is 5.69 Å². The summed E-state index contributed by atoms with van der Waals surface area (Å²) in [6.07, 6.45) is 0. The molecule has 1 aliphatic heterocycles. The number of benzene rings is 2. The lowest BCUT2D eigenvalue weighted by Crippen LogP contribution is -2.37. The first-order valence-corrected chi connectivity index (χ1v) is 7.31. The molecular weight excluding hydrogens is 258 g/mol. The fourth-order valence-electron chi connectivity index (χ4n) is 2.95. The molecule has 21 heavy (non-hydrogen) atoms. The Morgan fingerprint density at radius 2 is 1.52 bits per heavy atom. The molecule has 0 saturated carbocycles. The predicted molar refractivity (Wildman–Crippen MR) is 87.0 cm³/mol. The fraction of sp³-hybridized carbons (Fsp3) is 0.211. The smallest absolute Gasteiger partial charge is 0.165 e. The Morgan fingerprint density at radius 1 is 0.952 bits per heavy atom. The van der Waals surface area contributed by atoms with E-state index in [1.807, 2.05) is 50.2 Å². The van der Waals surface area contributed by atoms with Gasteiger partial charge in [0, 0.05) is 23.7 Å². The average molecular weight is 277 g/mol. The summed E-state index contributed by atoms with van der Waals surface area (Å²) in [4.78, 5) is 14.7. The van der Waals surface area contributed by atoms with Gasteiger partial charge in [0.15, 0.2) is 5.78 Å². The summed E-state index contributed by atoms with van der Waals surface area (Å²) in [6, 6.07) is 20.4. The molecule has 2 heteroatoms. The molecular formula is C19H19NO. The average Bonchev–Trinajstić information content (AvgIpc) is 2.54. The molecule has 0 aliphatic carbocycles. The number of Topliss-reactive ketones (excluding diaryl/α,β-unsaturated/α-hetero) is 1. The molecule has 0 spiro atoms. The number of para-hydroxylation sites is 1. The summed E-state index contributed by atoms with van der Waals surface area (Å²) in [7, 11) is 0. The molecule has 3 rings (SSSR count). The molecule has 2 aromatic rings. The summed E-state index contributed by atoms with van der Waals surface area (Å²) >= 11 is 0. The van der Waals surface area contributed by atoms with Crippen molar-refractivity contribution < 1.29 is 4.79 Å². The van der Waals surface area contributed by atoms with Gasteiger partial charge >= 0.3 is 0 Å². The van der Waals surface area contributed by atoms with E-state index in [-0.39, 0.29) is 11.7 Å². The maximum Gasteiger partial charge on any atom is 0.165 e. The Bertz CT molecular complexity index is 673. The fourth-order valence-corrected chi connectivity index (χ4v) is 2.95. The van der Waals surface area contributed by atoms with Crippen molar-refractivity contribution in [2.45, 2.75) is 13.8 Å². The van der Waals surface area contributed by atoms with Gasteiger partial charge in [0.2, 0.25) is 0 Å². The topological polar surface area (TPSA) is 20.3 Å². The minimum Gasteiger partial charge on any atom is -0.340 e. The van der Waals surface area contributed by atoms with E-state index in [0.717, 1.165) is 29.1 Å². The van der Waals surface area contributed by atoms with Crippen LogP contribution in [0.5, 0.6) is 0 Å². The lowest BCUT2D eigenvalue weighted by molar-refractivity contribution is -0.118. The van der Waals surface area contributed by atoms with Gasteiger partial charge in [0.25, 0.3) is 0 Å². The summed E-state index contributed by atoms with van der Waals surface area (Å²) in [5.41, 5.74) is 4.11. The molecule has 0 bridgehead atoms. The third kappa shape index (κ3) is 2.49. The van der Waals surface area contributed by atoms with E-state index in [1.165, 1.54) is 0 Å². The molecule has 0 aromatic heterocycles. The van der Waals surface area contributed by atoms with Crippen molar-refractivity contribution in [1.82, 2.24) is 0 Å². The molecule has 0 saturated heterocycles.